The maximum atomic E-state index is 11.6. The summed E-state index contributed by atoms with van der Waals surface area (Å²) in [5, 5.41) is 11.4. The number of nitrogens with zero attached hydrogens (tertiary/aromatic N) is 1. The molecule has 2 N–H and O–H groups in total. The van der Waals surface area contributed by atoms with Crippen LogP contribution in [0.25, 0.3) is 0 Å². The van der Waals surface area contributed by atoms with E-state index in [1.807, 2.05) is 0 Å². The van der Waals surface area contributed by atoms with E-state index >= 15 is 0 Å². The number of carboxylic acid groups (broad SMARTS) is 1. The fourth-order valence-corrected chi connectivity index (χ4v) is 1.43. The first kappa shape index (κ1) is 13.2. The van der Waals surface area contributed by atoms with Crippen molar-refractivity contribution in [3.8, 4) is 0 Å². The van der Waals surface area contributed by atoms with Crippen molar-refractivity contribution in [2.75, 3.05) is 0 Å². The quantitative estimate of drug-likeness (QED) is 0.794. The highest BCUT2D eigenvalue weighted by atomic mass is 16.4. The van der Waals surface area contributed by atoms with E-state index in [1.54, 1.807) is 38.4 Å². The van der Waals surface area contributed by atoms with Crippen molar-refractivity contribution in [1.29, 1.82) is 0 Å². The summed E-state index contributed by atoms with van der Waals surface area (Å²) in [5.74, 6) is -1.47. The first-order valence-corrected chi connectivity index (χ1v) is 5.41. The lowest BCUT2D eigenvalue weighted by atomic mass is 10.0. The fraction of sp³-hybridized carbons (Fsp3) is 0.417. The van der Waals surface area contributed by atoms with Crippen molar-refractivity contribution in [1.82, 2.24) is 10.3 Å². The molecule has 17 heavy (non-hydrogen) atoms. The molecule has 0 saturated carbocycles. The van der Waals surface area contributed by atoms with Crippen LogP contribution in [0.4, 0.5) is 0 Å². The molecule has 0 bridgehead atoms. The van der Waals surface area contributed by atoms with Crippen LogP contribution in [0.2, 0.25) is 0 Å². The Bertz CT molecular complexity index is 390. The van der Waals surface area contributed by atoms with Gasteiger partial charge in [-0.1, -0.05) is 19.9 Å². The highest BCUT2D eigenvalue weighted by molar-refractivity contribution is 5.84. The number of nitrogens with one attached hydrogen (secondary N) is 1. The van der Waals surface area contributed by atoms with Crippen molar-refractivity contribution in [3.05, 3.63) is 30.1 Å². The van der Waals surface area contributed by atoms with Crippen LogP contribution in [0.5, 0.6) is 0 Å². The van der Waals surface area contributed by atoms with Crippen molar-refractivity contribution in [3.63, 3.8) is 0 Å². The summed E-state index contributed by atoms with van der Waals surface area (Å²) in [5.41, 5.74) is 0.762. The molecule has 0 spiro atoms. The van der Waals surface area contributed by atoms with Crippen LogP contribution in [0.1, 0.15) is 19.4 Å². The number of hydrogen-bond donors (Lipinski definition) is 2. The Morgan fingerprint density at radius 1 is 1.47 bits per heavy atom. The lowest BCUT2D eigenvalue weighted by Crippen LogP contribution is -2.44. The van der Waals surface area contributed by atoms with Crippen LogP contribution in [-0.2, 0) is 16.0 Å². The van der Waals surface area contributed by atoms with Gasteiger partial charge in [0.25, 0.3) is 0 Å². The maximum absolute atomic E-state index is 11.6. The number of hydrogen-bond acceptors (Lipinski definition) is 3. The summed E-state index contributed by atoms with van der Waals surface area (Å²) < 4.78 is 0. The topological polar surface area (TPSA) is 79.3 Å². The lowest BCUT2D eigenvalue weighted by Gasteiger charge is -2.17. The molecule has 0 aliphatic carbocycles. The summed E-state index contributed by atoms with van der Waals surface area (Å²) in [6.45, 7) is 3.51. The van der Waals surface area contributed by atoms with Crippen LogP contribution in [0.15, 0.2) is 24.5 Å². The lowest BCUT2D eigenvalue weighted by molar-refractivity contribution is -0.143. The molecule has 0 aromatic carbocycles. The number of pyridine rings is 1. The van der Waals surface area contributed by atoms with Crippen molar-refractivity contribution in [2.45, 2.75) is 26.3 Å². The average Bonchev–Trinajstić information content (AvgIpc) is 2.26. The maximum Gasteiger partial charge on any atom is 0.326 e. The second kappa shape index (κ2) is 5.98. The first-order valence-electron chi connectivity index (χ1n) is 5.41. The summed E-state index contributed by atoms with van der Waals surface area (Å²) >= 11 is 0. The number of carbonyl (C=O) groups is 2. The van der Waals surface area contributed by atoms with E-state index in [-0.39, 0.29) is 18.2 Å². The SMILES string of the molecule is CC(C)C(NC(=O)Cc1cccnc1)C(=O)O. The molecule has 0 saturated heterocycles. The van der Waals surface area contributed by atoms with Crippen LogP contribution in [0, 0.1) is 5.92 Å². The second-order valence-electron chi connectivity index (χ2n) is 4.17. The molecule has 0 aliphatic heterocycles. The molecule has 1 rings (SSSR count). The minimum absolute atomic E-state index is 0.143. The largest absolute Gasteiger partial charge is 0.480 e. The predicted molar refractivity (Wildman–Crippen MR) is 62.3 cm³/mol. The van der Waals surface area contributed by atoms with Gasteiger partial charge in [0.2, 0.25) is 5.91 Å². The molecule has 1 aromatic heterocycles. The molecule has 92 valence electrons. The fourth-order valence-electron chi connectivity index (χ4n) is 1.43. The van der Waals surface area contributed by atoms with Gasteiger partial charge in [-0.3, -0.25) is 9.78 Å². The Balaban J connectivity index is 2.57. The Morgan fingerprint density at radius 3 is 2.65 bits per heavy atom. The van der Waals surface area contributed by atoms with Gasteiger partial charge in [0, 0.05) is 12.4 Å². The van der Waals surface area contributed by atoms with E-state index < -0.39 is 12.0 Å². The predicted octanol–water partition coefficient (Wildman–Crippen LogP) is 0.849. The second-order valence-corrected chi connectivity index (χ2v) is 4.17. The highest BCUT2D eigenvalue weighted by Crippen LogP contribution is 2.03. The number of carboxylic acids is 1. The average molecular weight is 236 g/mol. The summed E-state index contributed by atoms with van der Waals surface area (Å²) in [6, 6.07) is 2.66. The van der Waals surface area contributed by atoms with E-state index in [4.69, 9.17) is 5.11 Å². The standard InChI is InChI=1S/C12H16N2O3/c1-8(2)11(12(16)17)14-10(15)6-9-4-3-5-13-7-9/h3-5,7-8,11H,6H2,1-2H3,(H,14,15)(H,16,17). The van der Waals surface area contributed by atoms with E-state index in [0.29, 0.717) is 0 Å². The molecule has 5 heteroatoms. The van der Waals surface area contributed by atoms with Crippen LogP contribution in [0.3, 0.4) is 0 Å². The number of aromatic nitrogens is 1. The molecular weight excluding hydrogens is 220 g/mol. The number of amides is 1. The summed E-state index contributed by atoms with van der Waals surface area (Å²) in [6.07, 6.45) is 3.35. The monoisotopic (exact) mass is 236 g/mol. The van der Waals surface area contributed by atoms with Gasteiger partial charge in [-0.15, -0.1) is 0 Å². The third-order valence-electron chi connectivity index (χ3n) is 2.34. The van der Waals surface area contributed by atoms with E-state index in [1.165, 1.54) is 0 Å². The van der Waals surface area contributed by atoms with Gasteiger partial charge in [0.05, 0.1) is 6.42 Å². The van der Waals surface area contributed by atoms with E-state index in [2.05, 4.69) is 10.3 Å². The van der Waals surface area contributed by atoms with Gasteiger partial charge in [0.1, 0.15) is 6.04 Å². The summed E-state index contributed by atoms with van der Waals surface area (Å²) in [4.78, 5) is 26.4. The Morgan fingerprint density at radius 2 is 2.18 bits per heavy atom. The normalized spacial score (nSPS) is 12.2. The zero-order valence-corrected chi connectivity index (χ0v) is 9.88. The van der Waals surface area contributed by atoms with Crippen LogP contribution < -0.4 is 5.32 Å². The van der Waals surface area contributed by atoms with E-state index in [0.717, 1.165) is 5.56 Å². The third-order valence-corrected chi connectivity index (χ3v) is 2.34. The molecule has 5 nitrogen and oxygen atoms in total. The van der Waals surface area contributed by atoms with E-state index in [9.17, 15) is 9.59 Å². The van der Waals surface area contributed by atoms with Gasteiger partial charge in [-0.2, -0.15) is 0 Å². The highest BCUT2D eigenvalue weighted by Gasteiger charge is 2.23. The first-order chi connectivity index (χ1) is 8.00. The summed E-state index contributed by atoms with van der Waals surface area (Å²) in [7, 11) is 0. The number of aliphatic carboxylic acids is 1. The number of carbonyl (C=O) groups excluding carboxylic acids is 1. The Hall–Kier alpha value is -1.91. The van der Waals surface area contributed by atoms with Gasteiger partial charge in [-0.25, -0.2) is 4.79 Å². The van der Waals surface area contributed by atoms with Crippen LogP contribution in [-0.4, -0.2) is 28.0 Å². The molecular formula is C12H16N2O3. The Kier molecular flexibility index (Phi) is 4.63. The zero-order chi connectivity index (χ0) is 12.8. The van der Waals surface area contributed by atoms with Crippen molar-refractivity contribution >= 4 is 11.9 Å². The molecule has 1 amide bonds. The molecule has 0 aliphatic rings. The Labute approximate surface area is 99.9 Å². The smallest absolute Gasteiger partial charge is 0.326 e. The van der Waals surface area contributed by atoms with Crippen molar-refractivity contribution < 1.29 is 14.7 Å². The third kappa shape index (κ3) is 4.22. The van der Waals surface area contributed by atoms with Gasteiger partial charge < -0.3 is 10.4 Å². The molecule has 0 radical (unpaired) electrons. The minimum Gasteiger partial charge on any atom is -0.480 e. The van der Waals surface area contributed by atoms with Gasteiger partial charge in [-0.05, 0) is 17.5 Å². The minimum atomic E-state index is -1.01. The number of rotatable bonds is 5. The molecule has 1 unspecified atom stereocenters. The van der Waals surface area contributed by atoms with Gasteiger partial charge in [0.15, 0.2) is 0 Å². The molecule has 1 aromatic rings. The molecule has 0 fully saturated rings. The zero-order valence-electron chi connectivity index (χ0n) is 9.88. The van der Waals surface area contributed by atoms with Gasteiger partial charge >= 0.3 is 5.97 Å². The van der Waals surface area contributed by atoms with Crippen LogP contribution >= 0.6 is 0 Å². The van der Waals surface area contributed by atoms with Crippen molar-refractivity contribution in [2.24, 2.45) is 5.92 Å². The molecule has 1 atom stereocenters. The molecule has 1 heterocycles.